The van der Waals surface area contributed by atoms with E-state index in [0.29, 0.717) is 36.0 Å². The molecule has 0 saturated heterocycles. The zero-order chi connectivity index (χ0) is 24.0. The van der Waals surface area contributed by atoms with Crippen molar-refractivity contribution in [3.63, 3.8) is 0 Å². The van der Waals surface area contributed by atoms with Gasteiger partial charge in [0, 0.05) is 11.8 Å². The first kappa shape index (κ1) is 25.2. The van der Waals surface area contributed by atoms with Crippen LogP contribution in [0.15, 0.2) is 0 Å². The van der Waals surface area contributed by atoms with Crippen molar-refractivity contribution in [3.05, 3.63) is 0 Å². The smallest absolute Gasteiger partial charge is 0.320 e. The van der Waals surface area contributed by atoms with Gasteiger partial charge in [-0.15, -0.1) is 0 Å². The highest BCUT2D eigenvalue weighted by atomic mass is 16.5. The molecule has 0 radical (unpaired) electrons. The van der Waals surface area contributed by atoms with Gasteiger partial charge in [0.25, 0.3) is 0 Å². The number of unbranched alkanes of at least 4 members (excludes halogenated alkanes) is 1. The van der Waals surface area contributed by atoms with Crippen LogP contribution in [-0.2, 0) is 14.3 Å². The zero-order valence-corrected chi connectivity index (χ0v) is 21.6. The van der Waals surface area contributed by atoms with Crippen LogP contribution in [0.2, 0.25) is 0 Å². The summed E-state index contributed by atoms with van der Waals surface area (Å²) in [5.41, 5.74) is 0.0419. The summed E-state index contributed by atoms with van der Waals surface area (Å²) in [5.74, 6) is 2.20. The molecule has 4 aliphatic carbocycles. The first-order chi connectivity index (χ1) is 15.6. The summed E-state index contributed by atoms with van der Waals surface area (Å²) in [6.45, 7) is 9.92. The second-order valence-electron chi connectivity index (χ2n) is 12.6. The van der Waals surface area contributed by atoms with Gasteiger partial charge in [-0.25, -0.2) is 0 Å². The summed E-state index contributed by atoms with van der Waals surface area (Å²) in [6.07, 6.45) is 9.89. The van der Waals surface area contributed by atoms with Crippen molar-refractivity contribution >= 4 is 11.8 Å². The van der Waals surface area contributed by atoms with Gasteiger partial charge in [-0.2, -0.15) is 0 Å². The molecule has 4 aliphatic rings. The third kappa shape index (κ3) is 4.53. The van der Waals surface area contributed by atoms with Crippen molar-refractivity contribution in [2.45, 2.75) is 104 Å². The summed E-state index contributed by atoms with van der Waals surface area (Å²) in [4.78, 5) is 27.8. The Labute approximate surface area is 201 Å². The number of hydrogen-bond donors (Lipinski definition) is 1. The number of carbonyl (C=O) groups excluding carboxylic acids is 2. The Morgan fingerprint density at radius 3 is 2.55 bits per heavy atom. The molecule has 0 heterocycles. The van der Waals surface area contributed by atoms with Crippen LogP contribution < -0.4 is 0 Å². The van der Waals surface area contributed by atoms with E-state index >= 15 is 0 Å². The minimum atomic E-state index is -0.185. The molecule has 1 N–H and O–H groups in total. The van der Waals surface area contributed by atoms with Gasteiger partial charge in [0.05, 0.1) is 12.6 Å². The van der Waals surface area contributed by atoms with Crippen LogP contribution in [0.25, 0.3) is 0 Å². The topological polar surface area (TPSA) is 66.8 Å². The van der Waals surface area contributed by atoms with E-state index in [9.17, 15) is 14.7 Å². The Balaban J connectivity index is 1.61. The number of nitrogens with zero attached hydrogens (tertiary/aromatic N) is 1. The minimum absolute atomic E-state index is 0.0660. The van der Waals surface area contributed by atoms with E-state index in [1.807, 2.05) is 7.05 Å². The van der Waals surface area contributed by atoms with Crippen molar-refractivity contribution in [2.24, 2.45) is 40.4 Å². The van der Waals surface area contributed by atoms with Gasteiger partial charge in [0.15, 0.2) is 0 Å². The highest BCUT2D eigenvalue weighted by Gasteiger charge is 2.64. The summed E-state index contributed by atoms with van der Waals surface area (Å²) in [6, 6.07) is 0. The van der Waals surface area contributed by atoms with Gasteiger partial charge < -0.3 is 9.84 Å². The lowest BCUT2D eigenvalue weighted by Crippen LogP contribution is -2.60. The molecule has 0 aromatic rings. The van der Waals surface area contributed by atoms with Crippen LogP contribution in [-0.4, -0.2) is 54.1 Å². The van der Waals surface area contributed by atoms with Gasteiger partial charge in [0.1, 0.15) is 11.9 Å². The Morgan fingerprint density at radius 2 is 1.85 bits per heavy atom. The largest absolute Gasteiger partial charge is 0.461 e. The molecule has 9 atom stereocenters. The normalized spacial score (nSPS) is 44.6. The quantitative estimate of drug-likeness (QED) is 0.549. The molecule has 4 saturated carbocycles. The number of hydrogen-bond acceptors (Lipinski definition) is 5. The molecule has 5 nitrogen and oxygen atoms in total. The average Bonchev–Trinajstić information content (AvgIpc) is 3.09. The fourth-order valence-electron chi connectivity index (χ4n) is 9.04. The van der Waals surface area contributed by atoms with Gasteiger partial charge in [-0.1, -0.05) is 27.2 Å². The van der Waals surface area contributed by atoms with E-state index in [-0.39, 0.29) is 34.9 Å². The average molecular weight is 462 g/mol. The van der Waals surface area contributed by atoms with Crippen LogP contribution in [0.4, 0.5) is 0 Å². The second kappa shape index (κ2) is 9.60. The number of carbonyl (C=O) groups is 2. The zero-order valence-electron chi connectivity index (χ0n) is 21.6. The molecule has 4 fully saturated rings. The number of fused-ring (bicyclic) bond motifs is 5. The number of aliphatic hydroxyl groups excluding tert-OH is 1. The molecular weight excluding hydrogens is 414 g/mol. The summed E-state index contributed by atoms with van der Waals surface area (Å²) in [5, 5.41) is 10.4. The minimum Gasteiger partial charge on any atom is -0.461 e. The summed E-state index contributed by atoms with van der Waals surface area (Å²) < 4.78 is 6.40. The first-order valence-corrected chi connectivity index (χ1v) is 13.7. The van der Waals surface area contributed by atoms with Crippen LogP contribution in [0.3, 0.4) is 0 Å². The molecule has 0 aromatic carbocycles. The molecular formula is C28H47NO4. The molecule has 3 unspecified atom stereocenters. The van der Waals surface area contributed by atoms with Gasteiger partial charge >= 0.3 is 5.97 Å². The van der Waals surface area contributed by atoms with Crippen LogP contribution in [0.1, 0.15) is 91.9 Å². The fraction of sp³-hybridized carbons (Fsp3) is 0.929. The highest BCUT2D eigenvalue weighted by molar-refractivity contribution is 5.79. The maximum absolute atomic E-state index is 13.1. The molecule has 0 aromatic heterocycles. The van der Waals surface area contributed by atoms with Crippen molar-refractivity contribution in [1.29, 1.82) is 0 Å². The lowest BCUT2D eigenvalue weighted by atomic mass is 9.43. The molecule has 33 heavy (non-hydrogen) atoms. The summed E-state index contributed by atoms with van der Waals surface area (Å²) in [7, 11) is 2.00. The van der Waals surface area contributed by atoms with E-state index in [1.54, 1.807) is 6.92 Å². The van der Waals surface area contributed by atoms with Gasteiger partial charge in [0.2, 0.25) is 0 Å². The molecule has 0 aliphatic heterocycles. The maximum atomic E-state index is 13.1. The third-order valence-corrected chi connectivity index (χ3v) is 10.6. The van der Waals surface area contributed by atoms with E-state index in [0.717, 1.165) is 70.8 Å². The van der Waals surface area contributed by atoms with Crippen LogP contribution >= 0.6 is 0 Å². The fourth-order valence-corrected chi connectivity index (χ4v) is 9.04. The monoisotopic (exact) mass is 461 g/mol. The number of ether oxygens (including phenoxy) is 1. The lowest BCUT2D eigenvalue weighted by molar-refractivity contribution is -0.199. The number of esters is 1. The SMILES string of the molecule is CCCCN(C)CC(=O)OC1C[C@]2(C)[C@@H](C(C)=O)CC[C@H]2[C@@H]2CCC3CC(O)CC[C@]3(C)[C@@H]12. The van der Waals surface area contributed by atoms with E-state index in [1.165, 1.54) is 0 Å². The first-order valence-electron chi connectivity index (χ1n) is 13.7. The van der Waals surface area contributed by atoms with Crippen molar-refractivity contribution in [3.8, 4) is 0 Å². The Kier molecular flexibility index (Phi) is 7.32. The molecule has 4 rings (SSSR count). The van der Waals surface area contributed by atoms with Gasteiger partial charge in [-0.05, 0) is 107 Å². The standard InChI is InChI=1S/C28H47NO4/c1-6-7-14-29(5)17-25(32)33-24-16-28(4)22(18(2)30)10-11-23(28)21-9-8-19-15-20(31)12-13-27(19,3)26(21)24/h19-24,26,31H,6-17H2,1-5H3/t19?,20?,21-,22+,23-,24?,26+,27-,28+/m0/s1. The van der Waals surface area contributed by atoms with Crippen molar-refractivity contribution in [2.75, 3.05) is 20.1 Å². The Morgan fingerprint density at radius 1 is 1.09 bits per heavy atom. The molecule has 0 bridgehead atoms. The third-order valence-electron chi connectivity index (χ3n) is 10.6. The van der Waals surface area contributed by atoms with E-state index in [4.69, 9.17) is 4.74 Å². The molecule has 188 valence electrons. The van der Waals surface area contributed by atoms with Crippen LogP contribution in [0.5, 0.6) is 0 Å². The second-order valence-corrected chi connectivity index (χ2v) is 12.6. The molecule has 0 spiro atoms. The van der Waals surface area contributed by atoms with Crippen molar-refractivity contribution < 1.29 is 19.4 Å². The van der Waals surface area contributed by atoms with Gasteiger partial charge in [-0.3, -0.25) is 14.5 Å². The highest BCUT2D eigenvalue weighted by Crippen LogP contribution is 2.68. The number of aliphatic hydroxyl groups is 1. The number of ketones is 1. The maximum Gasteiger partial charge on any atom is 0.320 e. The Hall–Kier alpha value is -0.940. The Bertz CT molecular complexity index is 739. The number of rotatable bonds is 7. The number of likely N-dealkylation sites (N-methyl/N-ethyl adjacent to an activating group) is 1. The molecule has 0 amide bonds. The molecule has 5 heteroatoms. The van der Waals surface area contributed by atoms with E-state index in [2.05, 4.69) is 25.7 Å². The van der Waals surface area contributed by atoms with Crippen LogP contribution in [0, 0.1) is 40.4 Å². The summed E-state index contributed by atoms with van der Waals surface area (Å²) >= 11 is 0. The predicted molar refractivity (Wildman–Crippen MR) is 130 cm³/mol. The lowest BCUT2D eigenvalue weighted by Gasteiger charge is -2.62. The van der Waals surface area contributed by atoms with E-state index < -0.39 is 0 Å². The predicted octanol–water partition coefficient (Wildman–Crippen LogP) is 4.85. The van der Waals surface area contributed by atoms with Crippen molar-refractivity contribution in [1.82, 2.24) is 4.90 Å². The number of Topliss-reactive ketones (excluding diaryl/α,β-unsaturated/α-hetero) is 1.